The van der Waals surface area contributed by atoms with E-state index in [2.05, 4.69) is 4.98 Å². The summed E-state index contributed by atoms with van der Waals surface area (Å²) in [5, 5.41) is 18.2. The Hall–Kier alpha value is -3.16. The molecule has 2 heterocycles. The Kier molecular flexibility index (Phi) is 5.10. The van der Waals surface area contributed by atoms with Crippen LogP contribution in [-0.2, 0) is 17.7 Å². The van der Waals surface area contributed by atoms with E-state index in [4.69, 9.17) is 20.5 Å². The molecule has 1 unspecified atom stereocenters. The molecule has 1 atom stereocenters. The van der Waals surface area contributed by atoms with Crippen LogP contribution in [0.3, 0.4) is 0 Å². The van der Waals surface area contributed by atoms with Crippen molar-refractivity contribution in [2.24, 2.45) is 5.73 Å². The van der Waals surface area contributed by atoms with Crippen molar-refractivity contribution in [3.63, 3.8) is 0 Å². The van der Waals surface area contributed by atoms with Crippen LogP contribution < -0.4 is 15.9 Å². The fourth-order valence-electron chi connectivity index (χ4n) is 3.36. The van der Waals surface area contributed by atoms with Crippen molar-refractivity contribution < 1.29 is 14.4 Å². The SMILES string of the molecule is N=C(N)c1ccc(C2Cc3ccccc3B(O)O2)cc1OCc1cccnc1. The van der Waals surface area contributed by atoms with E-state index in [0.29, 0.717) is 24.3 Å². The summed E-state index contributed by atoms with van der Waals surface area (Å²) in [7, 11) is -0.970. The van der Waals surface area contributed by atoms with Crippen LogP contribution in [0.25, 0.3) is 0 Å². The van der Waals surface area contributed by atoms with Crippen molar-refractivity contribution in [2.45, 2.75) is 19.1 Å². The number of hydrogen-bond donors (Lipinski definition) is 3. The maximum absolute atomic E-state index is 10.3. The van der Waals surface area contributed by atoms with E-state index in [0.717, 1.165) is 22.2 Å². The van der Waals surface area contributed by atoms with E-state index in [1.54, 1.807) is 18.5 Å². The molecule has 140 valence electrons. The third-order valence-electron chi connectivity index (χ3n) is 4.80. The molecule has 0 fully saturated rings. The third kappa shape index (κ3) is 3.76. The van der Waals surface area contributed by atoms with Crippen molar-refractivity contribution in [2.75, 3.05) is 0 Å². The zero-order chi connectivity index (χ0) is 19.5. The van der Waals surface area contributed by atoms with Gasteiger partial charge in [-0.15, -0.1) is 0 Å². The lowest BCUT2D eigenvalue weighted by atomic mass is 9.71. The van der Waals surface area contributed by atoms with Gasteiger partial charge >= 0.3 is 7.12 Å². The van der Waals surface area contributed by atoms with Crippen molar-refractivity contribution in [3.05, 3.63) is 89.2 Å². The summed E-state index contributed by atoms with van der Waals surface area (Å²) in [4.78, 5) is 4.08. The van der Waals surface area contributed by atoms with Crippen LogP contribution in [0.5, 0.6) is 5.75 Å². The molecule has 0 saturated heterocycles. The zero-order valence-electron chi connectivity index (χ0n) is 15.2. The van der Waals surface area contributed by atoms with Crippen molar-refractivity contribution in [3.8, 4) is 5.75 Å². The summed E-state index contributed by atoms with van der Waals surface area (Å²) in [6, 6.07) is 16.9. The van der Waals surface area contributed by atoms with Crippen LogP contribution in [0, 0.1) is 5.41 Å². The summed E-state index contributed by atoms with van der Waals surface area (Å²) in [6.07, 6.45) is 3.77. The standard InChI is InChI=1S/C21H20BN3O3/c23-21(24)17-8-7-16(11-20(17)27-13-14-4-3-9-25-12-14)19-10-15-5-1-2-6-18(15)22(26)28-19/h1-9,11-12,19,26H,10,13H2,(H3,23,24). The first-order valence-corrected chi connectivity index (χ1v) is 9.03. The van der Waals surface area contributed by atoms with E-state index < -0.39 is 7.12 Å². The second-order valence-corrected chi connectivity index (χ2v) is 6.70. The van der Waals surface area contributed by atoms with E-state index in [1.807, 2.05) is 48.5 Å². The van der Waals surface area contributed by atoms with Gasteiger partial charge in [-0.05, 0) is 34.8 Å². The average Bonchev–Trinajstić information content (AvgIpc) is 2.72. The molecule has 4 rings (SSSR count). The van der Waals surface area contributed by atoms with Gasteiger partial charge in [0.05, 0.1) is 11.7 Å². The minimum Gasteiger partial charge on any atom is -0.488 e. The fourth-order valence-corrected chi connectivity index (χ4v) is 3.36. The molecule has 0 aliphatic carbocycles. The summed E-state index contributed by atoms with van der Waals surface area (Å²) in [5.41, 5.74) is 9.87. The normalized spacial score (nSPS) is 15.8. The monoisotopic (exact) mass is 373 g/mol. The number of rotatable bonds is 5. The number of nitrogens with zero attached hydrogens (tertiary/aromatic N) is 1. The van der Waals surface area contributed by atoms with Crippen LogP contribution >= 0.6 is 0 Å². The summed E-state index contributed by atoms with van der Waals surface area (Å²) < 4.78 is 11.8. The van der Waals surface area contributed by atoms with Gasteiger partial charge in [-0.3, -0.25) is 10.4 Å². The lowest BCUT2D eigenvalue weighted by molar-refractivity contribution is 0.167. The molecule has 1 aliphatic heterocycles. The van der Waals surface area contributed by atoms with Gasteiger partial charge < -0.3 is 20.1 Å². The molecule has 0 bridgehead atoms. The largest absolute Gasteiger partial charge is 0.491 e. The molecule has 1 aliphatic rings. The number of pyridine rings is 1. The molecule has 1 aromatic heterocycles. The highest BCUT2D eigenvalue weighted by Gasteiger charge is 2.31. The lowest BCUT2D eigenvalue weighted by Crippen LogP contribution is -2.42. The molecule has 6 nitrogen and oxygen atoms in total. The topological polar surface area (TPSA) is 101 Å². The number of hydrogen-bond acceptors (Lipinski definition) is 5. The molecule has 2 aromatic carbocycles. The average molecular weight is 373 g/mol. The molecule has 7 heteroatoms. The predicted molar refractivity (Wildman–Crippen MR) is 108 cm³/mol. The van der Waals surface area contributed by atoms with Gasteiger partial charge in [-0.1, -0.05) is 36.4 Å². The maximum Gasteiger partial charge on any atom is 0.491 e. The smallest absolute Gasteiger partial charge is 0.488 e. The predicted octanol–water partition coefficient (Wildman–Crippen LogP) is 1.95. The lowest BCUT2D eigenvalue weighted by Gasteiger charge is -2.28. The Morgan fingerprint density at radius 1 is 1.25 bits per heavy atom. The number of amidine groups is 1. The summed E-state index contributed by atoms with van der Waals surface area (Å²) in [5.74, 6) is 0.438. The van der Waals surface area contributed by atoms with Gasteiger partial charge in [0, 0.05) is 24.4 Å². The summed E-state index contributed by atoms with van der Waals surface area (Å²) in [6.45, 7) is 0.314. The molecular weight excluding hydrogens is 353 g/mol. The molecule has 3 aromatic rings. The second-order valence-electron chi connectivity index (χ2n) is 6.70. The van der Waals surface area contributed by atoms with Gasteiger partial charge in [0.2, 0.25) is 0 Å². The molecule has 0 amide bonds. The first-order chi connectivity index (χ1) is 13.6. The Bertz CT molecular complexity index is 997. The number of ether oxygens (including phenoxy) is 1. The number of nitrogens with one attached hydrogen (secondary N) is 1. The number of fused-ring (bicyclic) bond motifs is 1. The van der Waals surface area contributed by atoms with Crippen molar-refractivity contribution >= 4 is 18.4 Å². The second kappa shape index (κ2) is 7.84. The van der Waals surface area contributed by atoms with E-state index >= 15 is 0 Å². The van der Waals surface area contributed by atoms with Gasteiger partial charge in [0.25, 0.3) is 0 Å². The molecule has 0 saturated carbocycles. The minimum atomic E-state index is -0.970. The van der Waals surface area contributed by atoms with Gasteiger partial charge in [0.15, 0.2) is 0 Å². The first-order valence-electron chi connectivity index (χ1n) is 9.03. The van der Waals surface area contributed by atoms with Crippen molar-refractivity contribution in [1.29, 1.82) is 5.41 Å². The van der Waals surface area contributed by atoms with Crippen LogP contribution in [-0.4, -0.2) is 23.0 Å². The third-order valence-corrected chi connectivity index (χ3v) is 4.80. The molecule has 0 radical (unpaired) electrons. The highest BCUT2D eigenvalue weighted by molar-refractivity contribution is 6.60. The van der Waals surface area contributed by atoms with Gasteiger partial charge in [-0.2, -0.15) is 0 Å². The number of nitrogen functional groups attached to an aromatic ring is 1. The number of aromatic nitrogens is 1. The first kappa shape index (κ1) is 18.2. The minimum absolute atomic E-state index is 0.0670. The zero-order valence-corrected chi connectivity index (χ0v) is 15.2. The van der Waals surface area contributed by atoms with E-state index in [1.165, 1.54) is 0 Å². The van der Waals surface area contributed by atoms with E-state index in [-0.39, 0.29) is 11.9 Å². The number of nitrogens with two attached hydrogens (primary N) is 1. The molecular formula is C21H20BN3O3. The fraction of sp³-hybridized carbons (Fsp3) is 0.143. The quantitative estimate of drug-likeness (QED) is 0.361. The van der Waals surface area contributed by atoms with Crippen LogP contribution in [0.1, 0.15) is 28.4 Å². The molecule has 28 heavy (non-hydrogen) atoms. The number of benzene rings is 2. The Morgan fingerprint density at radius 2 is 2.11 bits per heavy atom. The molecule has 0 spiro atoms. The highest BCUT2D eigenvalue weighted by atomic mass is 16.5. The summed E-state index contributed by atoms with van der Waals surface area (Å²) >= 11 is 0. The van der Waals surface area contributed by atoms with Crippen LogP contribution in [0.2, 0.25) is 0 Å². The Labute approximate surface area is 163 Å². The molecule has 4 N–H and O–H groups in total. The van der Waals surface area contributed by atoms with Crippen LogP contribution in [0.15, 0.2) is 67.0 Å². The van der Waals surface area contributed by atoms with Crippen molar-refractivity contribution in [1.82, 2.24) is 4.98 Å². The van der Waals surface area contributed by atoms with Gasteiger partial charge in [-0.25, -0.2) is 0 Å². The van der Waals surface area contributed by atoms with Crippen LogP contribution in [0.4, 0.5) is 0 Å². The van der Waals surface area contributed by atoms with E-state index in [9.17, 15) is 5.02 Å². The highest BCUT2D eigenvalue weighted by Crippen LogP contribution is 2.31. The maximum atomic E-state index is 10.3. The Morgan fingerprint density at radius 3 is 2.89 bits per heavy atom. The van der Waals surface area contributed by atoms with Gasteiger partial charge in [0.1, 0.15) is 18.2 Å². The Balaban J connectivity index is 1.61.